The third kappa shape index (κ3) is 4.10. The second kappa shape index (κ2) is 4.86. The van der Waals surface area contributed by atoms with Crippen LogP contribution in [0.5, 0.6) is 0 Å². The van der Waals surface area contributed by atoms with Crippen molar-refractivity contribution >= 4 is 17.3 Å². The molecule has 0 radical (unpaired) electrons. The highest BCUT2D eigenvalue weighted by Crippen LogP contribution is 2.22. The molecule has 0 aromatic heterocycles. The first-order chi connectivity index (χ1) is 6.92. The van der Waals surface area contributed by atoms with Crippen molar-refractivity contribution in [2.24, 2.45) is 5.41 Å². The Labute approximate surface area is 96.3 Å². The third-order valence-corrected chi connectivity index (χ3v) is 2.28. The van der Waals surface area contributed by atoms with Crippen LogP contribution in [-0.4, -0.2) is 11.7 Å². The fourth-order valence-corrected chi connectivity index (χ4v) is 1.42. The standard InChI is InChI=1S/C12H18ClNO/c1-12(2,3)8-14-11-5-4-10(13)6-9(11)7-15/h4-6,14-15H,7-8H2,1-3H3. The number of nitrogens with one attached hydrogen (secondary N) is 1. The van der Waals surface area contributed by atoms with E-state index in [-0.39, 0.29) is 12.0 Å². The van der Waals surface area contributed by atoms with Crippen LogP contribution >= 0.6 is 11.6 Å². The maximum absolute atomic E-state index is 9.17. The molecule has 2 N–H and O–H groups in total. The Morgan fingerprint density at radius 1 is 1.33 bits per heavy atom. The summed E-state index contributed by atoms with van der Waals surface area (Å²) < 4.78 is 0. The second-order valence-corrected chi connectivity index (χ2v) is 5.31. The molecule has 0 unspecified atom stereocenters. The number of hydrogen-bond donors (Lipinski definition) is 2. The molecule has 0 atom stereocenters. The SMILES string of the molecule is CC(C)(C)CNc1ccc(Cl)cc1CO. The molecular formula is C12H18ClNO. The number of rotatable bonds is 3. The van der Waals surface area contributed by atoms with Crippen molar-refractivity contribution < 1.29 is 5.11 Å². The van der Waals surface area contributed by atoms with Gasteiger partial charge < -0.3 is 10.4 Å². The average Bonchev–Trinajstić information content (AvgIpc) is 2.14. The summed E-state index contributed by atoms with van der Waals surface area (Å²) in [5.41, 5.74) is 2.01. The minimum atomic E-state index is 0.00698. The normalized spacial score (nSPS) is 11.5. The monoisotopic (exact) mass is 227 g/mol. The first-order valence-corrected chi connectivity index (χ1v) is 5.43. The largest absolute Gasteiger partial charge is 0.392 e. The van der Waals surface area contributed by atoms with Crippen LogP contribution in [0.1, 0.15) is 26.3 Å². The van der Waals surface area contributed by atoms with Gasteiger partial charge in [0.15, 0.2) is 0 Å². The van der Waals surface area contributed by atoms with Crippen molar-refractivity contribution in [3.05, 3.63) is 28.8 Å². The lowest BCUT2D eigenvalue weighted by atomic mass is 9.96. The fraction of sp³-hybridized carbons (Fsp3) is 0.500. The Morgan fingerprint density at radius 3 is 2.53 bits per heavy atom. The minimum Gasteiger partial charge on any atom is -0.392 e. The molecule has 1 aromatic carbocycles. The zero-order valence-electron chi connectivity index (χ0n) is 9.47. The van der Waals surface area contributed by atoms with Crippen molar-refractivity contribution in [1.29, 1.82) is 0 Å². The van der Waals surface area contributed by atoms with Crippen LogP contribution in [0, 0.1) is 5.41 Å². The van der Waals surface area contributed by atoms with Gasteiger partial charge in [0, 0.05) is 22.8 Å². The van der Waals surface area contributed by atoms with Gasteiger partial charge in [0.25, 0.3) is 0 Å². The van der Waals surface area contributed by atoms with Gasteiger partial charge in [-0.1, -0.05) is 32.4 Å². The van der Waals surface area contributed by atoms with Crippen LogP contribution in [0.25, 0.3) is 0 Å². The predicted molar refractivity (Wildman–Crippen MR) is 65.3 cm³/mol. The van der Waals surface area contributed by atoms with Gasteiger partial charge in [0.2, 0.25) is 0 Å². The Balaban J connectivity index is 2.76. The van der Waals surface area contributed by atoms with Gasteiger partial charge in [-0.05, 0) is 23.6 Å². The summed E-state index contributed by atoms with van der Waals surface area (Å²) in [5.74, 6) is 0. The van der Waals surface area contributed by atoms with Crippen LogP contribution in [0.15, 0.2) is 18.2 Å². The molecule has 0 fully saturated rings. The topological polar surface area (TPSA) is 32.3 Å². The molecule has 2 nitrogen and oxygen atoms in total. The van der Waals surface area contributed by atoms with Crippen molar-refractivity contribution in [2.45, 2.75) is 27.4 Å². The van der Waals surface area contributed by atoms with E-state index in [1.165, 1.54) is 0 Å². The molecule has 3 heteroatoms. The highest BCUT2D eigenvalue weighted by atomic mass is 35.5. The van der Waals surface area contributed by atoms with E-state index in [1.807, 2.05) is 12.1 Å². The summed E-state index contributed by atoms with van der Waals surface area (Å²) in [5, 5.41) is 13.1. The van der Waals surface area contributed by atoms with Gasteiger partial charge in [-0.3, -0.25) is 0 Å². The predicted octanol–water partition coefficient (Wildman–Crippen LogP) is 3.29. The second-order valence-electron chi connectivity index (χ2n) is 4.87. The van der Waals surface area contributed by atoms with Crippen LogP contribution in [-0.2, 0) is 6.61 Å². The quantitative estimate of drug-likeness (QED) is 0.831. The van der Waals surface area contributed by atoms with E-state index in [9.17, 15) is 5.11 Å². The van der Waals surface area contributed by atoms with Crippen molar-refractivity contribution in [2.75, 3.05) is 11.9 Å². The van der Waals surface area contributed by atoms with E-state index in [0.717, 1.165) is 17.8 Å². The zero-order valence-corrected chi connectivity index (χ0v) is 10.2. The first kappa shape index (κ1) is 12.3. The third-order valence-electron chi connectivity index (χ3n) is 2.05. The van der Waals surface area contributed by atoms with Gasteiger partial charge in [-0.2, -0.15) is 0 Å². The number of aliphatic hydroxyl groups excluding tert-OH is 1. The fourth-order valence-electron chi connectivity index (χ4n) is 1.23. The molecular weight excluding hydrogens is 210 g/mol. The Kier molecular flexibility index (Phi) is 4.00. The Morgan fingerprint density at radius 2 is 2.00 bits per heavy atom. The first-order valence-electron chi connectivity index (χ1n) is 5.05. The molecule has 0 amide bonds. The maximum Gasteiger partial charge on any atom is 0.0702 e. The Hall–Kier alpha value is -0.730. The van der Waals surface area contributed by atoms with Crippen molar-refractivity contribution in [3.8, 4) is 0 Å². The number of anilines is 1. The summed E-state index contributed by atoms with van der Waals surface area (Å²) in [6, 6.07) is 5.51. The number of halogens is 1. The summed E-state index contributed by atoms with van der Waals surface area (Å²) in [4.78, 5) is 0. The summed E-state index contributed by atoms with van der Waals surface area (Å²) in [6.45, 7) is 7.35. The van der Waals surface area contributed by atoms with Gasteiger partial charge in [-0.25, -0.2) is 0 Å². The molecule has 15 heavy (non-hydrogen) atoms. The van der Waals surface area contributed by atoms with Gasteiger partial charge in [-0.15, -0.1) is 0 Å². The van der Waals surface area contributed by atoms with Crippen molar-refractivity contribution in [1.82, 2.24) is 0 Å². The summed E-state index contributed by atoms with van der Waals surface area (Å²) >= 11 is 5.85. The van der Waals surface area contributed by atoms with E-state index < -0.39 is 0 Å². The van der Waals surface area contributed by atoms with Crippen LogP contribution in [0.3, 0.4) is 0 Å². The molecule has 0 saturated carbocycles. The zero-order chi connectivity index (χ0) is 11.5. The van der Waals surface area contributed by atoms with E-state index >= 15 is 0 Å². The van der Waals surface area contributed by atoms with E-state index in [1.54, 1.807) is 6.07 Å². The molecule has 0 heterocycles. The molecule has 1 rings (SSSR count). The van der Waals surface area contributed by atoms with Gasteiger partial charge in [0.1, 0.15) is 0 Å². The van der Waals surface area contributed by atoms with Gasteiger partial charge >= 0.3 is 0 Å². The highest BCUT2D eigenvalue weighted by molar-refractivity contribution is 6.30. The maximum atomic E-state index is 9.17. The highest BCUT2D eigenvalue weighted by Gasteiger charge is 2.10. The van der Waals surface area contributed by atoms with E-state index in [2.05, 4.69) is 26.1 Å². The summed E-state index contributed by atoms with van der Waals surface area (Å²) in [7, 11) is 0. The lowest BCUT2D eigenvalue weighted by Crippen LogP contribution is -2.19. The van der Waals surface area contributed by atoms with Crippen LogP contribution < -0.4 is 5.32 Å². The molecule has 0 spiro atoms. The van der Waals surface area contributed by atoms with Crippen LogP contribution in [0.2, 0.25) is 5.02 Å². The minimum absolute atomic E-state index is 0.00698. The molecule has 0 saturated heterocycles. The molecule has 0 aliphatic heterocycles. The molecule has 0 aliphatic rings. The molecule has 1 aromatic rings. The summed E-state index contributed by atoms with van der Waals surface area (Å²) in [6.07, 6.45) is 0. The van der Waals surface area contributed by atoms with Crippen molar-refractivity contribution in [3.63, 3.8) is 0 Å². The van der Waals surface area contributed by atoms with E-state index in [4.69, 9.17) is 11.6 Å². The lowest BCUT2D eigenvalue weighted by Gasteiger charge is -2.21. The van der Waals surface area contributed by atoms with E-state index in [0.29, 0.717) is 5.02 Å². The van der Waals surface area contributed by atoms with Gasteiger partial charge in [0.05, 0.1) is 6.61 Å². The number of aliphatic hydroxyl groups is 1. The number of benzene rings is 1. The molecule has 0 aliphatic carbocycles. The lowest BCUT2D eigenvalue weighted by molar-refractivity contribution is 0.282. The van der Waals surface area contributed by atoms with Crippen LogP contribution in [0.4, 0.5) is 5.69 Å². The smallest absolute Gasteiger partial charge is 0.0702 e. The number of hydrogen-bond acceptors (Lipinski definition) is 2. The average molecular weight is 228 g/mol. The molecule has 84 valence electrons. The Bertz CT molecular complexity index is 331. The molecule has 0 bridgehead atoms.